The van der Waals surface area contributed by atoms with Crippen LogP contribution in [0.4, 0.5) is 9.18 Å². The van der Waals surface area contributed by atoms with Crippen molar-refractivity contribution < 1.29 is 18.7 Å². The van der Waals surface area contributed by atoms with Gasteiger partial charge in [-0.15, -0.1) is 0 Å². The van der Waals surface area contributed by atoms with Gasteiger partial charge < -0.3 is 14.8 Å². The second kappa shape index (κ2) is 11.6. The van der Waals surface area contributed by atoms with Crippen LogP contribution in [0.5, 0.6) is 0 Å². The summed E-state index contributed by atoms with van der Waals surface area (Å²) in [7, 11) is 0.236. The van der Waals surface area contributed by atoms with Crippen LogP contribution in [0.3, 0.4) is 0 Å². The number of hydrogen-bond donors (Lipinski definition) is 1. The zero-order valence-electron chi connectivity index (χ0n) is 22.1. The fourth-order valence-electron chi connectivity index (χ4n) is 4.01. The molecule has 3 heterocycles. The highest BCUT2D eigenvalue weighted by Gasteiger charge is 2.19. The number of halogens is 2. The molecule has 0 unspecified atom stereocenters. The summed E-state index contributed by atoms with van der Waals surface area (Å²) in [5.74, 6) is -0.461. The Morgan fingerprint density at radius 3 is 2.66 bits per heavy atom. The van der Waals surface area contributed by atoms with Crippen molar-refractivity contribution in [2.75, 3.05) is 13.7 Å². The Morgan fingerprint density at radius 2 is 1.97 bits per heavy atom. The molecule has 38 heavy (non-hydrogen) atoms. The quantitative estimate of drug-likeness (QED) is 0.145. The molecule has 200 valence electrons. The van der Waals surface area contributed by atoms with E-state index in [9.17, 15) is 4.79 Å². The average Bonchev–Trinajstić information content (AvgIpc) is 3.22. The van der Waals surface area contributed by atoms with Gasteiger partial charge in [-0.3, -0.25) is 4.98 Å². The van der Waals surface area contributed by atoms with Gasteiger partial charge >= 0.3 is 6.09 Å². The number of pyridine rings is 2. The molecule has 4 aromatic rings. The number of amides is 1. The van der Waals surface area contributed by atoms with E-state index in [1.165, 1.54) is 13.1 Å². The molecule has 1 aromatic carbocycles. The molecule has 0 aliphatic heterocycles. The highest BCUT2D eigenvalue weighted by Crippen LogP contribution is 2.33. The number of carbonyl (C=O) groups excluding carboxylic acids is 1. The van der Waals surface area contributed by atoms with Gasteiger partial charge in [0, 0.05) is 32.7 Å². The van der Waals surface area contributed by atoms with E-state index in [2.05, 4.69) is 34.9 Å². The Hall–Kier alpha value is -3.34. The number of aryl methyl sites for hydroxylation is 1. The van der Waals surface area contributed by atoms with Crippen LogP contribution in [0.2, 0.25) is 30.8 Å². The van der Waals surface area contributed by atoms with Crippen LogP contribution >= 0.6 is 11.6 Å². The van der Waals surface area contributed by atoms with E-state index >= 15 is 4.39 Å². The fourth-order valence-corrected chi connectivity index (χ4v) is 4.93. The first-order valence-electron chi connectivity index (χ1n) is 12.3. The van der Waals surface area contributed by atoms with E-state index in [0.29, 0.717) is 45.5 Å². The predicted octanol–water partition coefficient (Wildman–Crippen LogP) is 6.43. The number of nitrogens with one attached hydrogen (secondary N) is 1. The Morgan fingerprint density at radius 1 is 1.18 bits per heavy atom. The molecule has 0 fully saturated rings. The number of rotatable bonds is 9. The summed E-state index contributed by atoms with van der Waals surface area (Å²) in [6.07, 6.45) is 1.10. The van der Waals surface area contributed by atoms with Gasteiger partial charge in [-0.1, -0.05) is 43.4 Å². The highest BCUT2D eigenvalue weighted by molar-refractivity contribution is 6.76. The average molecular weight is 556 g/mol. The first-order valence-corrected chi connectivity index (χ1v) is 16.4. The third kappa shape index (κ3) is 6.56. The Balaban J connectivity index is 1.73. The predicted molar refractivity (Wildman–Crippen MR) is 149 cm³/mol. The second-order valence-electron chi connectivity index (χ2n) is 10.2. The monoisotopic (exact) mass is 555 g/mol. The van der Waals surface area contributed by atoms with E-state index in [-0.39, 0.29) is 13.3 Å². The molecule has 0 aliphatic rings. The molecule has 1 N–H and O–H groups in total. The molecule has 0 bridgehead atoms. The number of carbonyl (C=O) groups is 1. The van der Waals surface area contributed by atoms with Gasteiger partial charge in [0.2, 0.25) is 0 Å². The standard InChI is InChI=1S/C27H31ClFN5O3Si/c1-17-11-18(15-37-27(35)30-2)12-20(29)25(17)22-13-19-23(14-31-22)34(16-36-9-10-38(3,4)5)33-26(19)21-7-6-8-24(28)32-21/h6-8,11-14H,9-10,15-16H2,1-5H3,(H,30,35). The van der Waals surface area contributed by atoms with Crippen molar-refractivity contribution in [2.45, 2.75) is 45.9 Å². The largest absolute Gasteiger partial charge is 0.445 e. The number of hydrogen-bond acceptors (Lipinski definition) is 6. The summed E-state index contributed by atoms with van der Waals surface area (Å²) in [6.45, 7) is 9.57. The summed E-state index contributed by atoms with van der Waals surface area (Å²) in [5.41, 5.74) is 3.96. The maximum Gasteiger partial charge on any atom is 0.407 e. The molecule has 4 rings (SSSR count). The second-order valence-corrected chi connectivity index (χ2v) is 16.2. The maximum atomic E-state index is 15.3. The minimum atomic E-state index is -1.23. The van der Waals surface area contributed by atoms with Gasteiger partial charge in [-0.05, 0) is 48.4 Å². The smallest absolute Gasteiger partial charge is 0.407 e. The van der Waals surface area contributed by atoms with Crippen molar-refractivity contribution in [3.63, 3.8) is 0 Å². The van der Waals surface area contributed by atoms with Crippen molar-refractivity contribution in [2.24, 2.45) is 0 Å². The van der Waals surface area contributed by atoms with Crippen LogP contribution in [0, 0.1) is 12.7 Å². The van der Waals surface area contributed by atoms with E-state index < -0.39 is 20.0 Å². The Kier molecular flexibility index (Phi) is 8.44. The molecule has 0 saturated carbocycles. The highest BCUT2D eigenvalue weighted by atomic mass is 35.5. The summed E-state index contributed by atoms with van der Waals surface area (Å²) >= 11 is 6.17. The molecule has 8 nitrogen and oxygen atoms in total. The van der Waals surface area contributed by atoms with Gasteiger partial charge in [-0.25, -0.2) is 18.9 Å². The van der Waals surface area contributed by atoms with Crippen LogP contribution < -0.4 is 5.32 Å². The summed E-state index contributed by atoms with van der Waals surface area (Å²) < 4.78 is 28.1. The number of aromatic nitrogens is 4. The lowest BCUT2D eigenvalue weighted by Gasteiger charge is -2.15. The van der Waals surface area contributed by atoms with Gasteiger partial charge in [0.25, 0.3) is 0 Å². The molecular formula is C27H31ClFN5O3Si. The SMILES string of the molecule is CNC(=O)OCc1cc(C)c(-c2cc3c(-c4cccc(Cl)n4)nn(COCC[Si](C)(C)C)c3cn2)c(F)c1. The van der Waals surface area contributed by atoms with Crippen molar-refractivity contribution in [1.29, 1.82) is 0 Å². The van der Waals surface area contributed by atoms with Gasteiger partial charge in [0.15, 0.2) is 0 Å². The van der Waals surface area contributed by atoms with Crippen molar-refractivity contribution in [3.8, 4) is 22.6 Å². The van der Waals surface area contributed by atoms with Gasteiger partial charge in [-0.2, -0.15) is 5.10 Å². The minimum absolute atomic E-state index is 0.0424. The summed E-state index contributed by atoms with van der Waals surface area (Å²) in [6, 6.07) is 11.3. The lowest BCUT2D eigenvalue weighted by atomic mass is 10.00. The van der Waals surface area contributed by atoms with Crippen LogP contribution in [0.15, 0.2) is 42.6 Å². The minimum Gasteiger partial charge on any atom is -0.445 e. The van der Waals surface area contributed by atoms with Gasteiger partial charge in [0.1, 0.15) is 30.0 Å². The molecule has 0 radical (unpaired) electrons. The summed E-state index contributed by atoms with van der Waals surface area (Å²) in [5, 5.41) is 8.25. The van der Waals surface area contributed by atoms with Gasteiger partial charge in [0.05, 0.1) is 23.1 Å². The number of ether oxygens (including phenoxy) is 2. The Bertz CT molecular complexity index is 1450. The molecule has 0 atom stereocenters. The third-order valence-corrected chi connectivity index (χ3v) is 7.90. The first-order chi connectivity index (χ1) is 18.1. The van der Waals surface area contributed by atoms with E-state index in [0.717, 1.165) is 16.9 Å². The fraction of sp³-hybridized carbons (Fsp3) is 0.333. The summed E-state index contributed by atoms with van der Waals surface area (Å²) in [4.78, 5) is 20.4. The number of alkyl carbamates (subject to hydrolysis) is 1. The van der Waals surface area contributed by atoms with Crippen molar-refractivity contribution in [3.05, 3.63) is 64.7 Å². The molecule has 0 spiro atoms. The van der Waals surface area contributed by atoms with E-state index in [1.54, 1.807) is 29.9 Å². The zero-order chi connectivity index (χ0) is 27.4. The van der Waals surface area contributed by atoms with Crippen molar-refractivity contribution in [1.82, 2.24) is 25.1 Å². The lowest BCUT2D eigenvalue weighted by molar-refractivity contribution is 0.0818. The lowest BCUT2D eigenvalue weighted by Crippen LogP contribution is -2.22. The van der Waals surface area contributed by atoms with Crippen LogP contribution in [0.1, 0.15) is 11.1 Å². The van der Waals surface area contributed by atoms with Crippen LogP contribution in [-0.2, 0) is 22.8 Å². The Labute approximate surface area is 227 Å². The molecule has 0 saturated heterocycles. The van der Waals surface area contributed by atoms with Crippen LogP contribution in [0.25, 0.3) is 33.5 Å². The third-order valence-electron chi connectivity index (χ3n) is 5.98. The molecule has 3 aromatic heterocycles. The zero-order valence-corrected chi connectivity index (χ0v) is 23.9. The topological polar surface area (TPSA) is 91.2 Å². The van der Waals surface area contributed by atoms with Crippen molar-refractivity contribution >= 4 is 36.7 Å². The van der Waals surface area contributed by atoms with Crippen LogP contribution in [-0.4, -0.2) is 47.6 Å². The van der Waals surface area contributed by atoms with E-state index in [4.69, 9.17) is 26.2 Å². The molecule has 0 aliphatic carbocycles. The molecule has 1 amide bonds. The normalized spacial score (nSPS) is 11.7. The number of fused-ring (bicyclic) bond motifs is 1. The first kappa shape index (κ1) is 27.7. The maximum absolute atomic E-state index is 15.3. The molecular weight excluding hydrogens is 525 g/mol. The molecule has 11 heteroatoms. The number of benzene rings is 1. The van der Waals surface area contributed by atoms with E-state index in [1.807, 2.05) is 18.2 Å². The number of nitrogens with zero attached hydrogens (tertiary/aromatic N) is 4.